The number of methoxy groups -OCH3 is 1. The van der Waals surface area contributed by atoms with Crippen LogP contribution in [0.5, 0.6) is 5.75 Å². The number of hydrogen-bond acceptors (Lipinski definition) is 5. The number of rotatable bonds is 8. The molecular formula is C25H23ClN2O3S. The van der Waals surface area contributed by atoms with Crippen LogP contribution in [0.3, 0.4) is 0 Å². The van der Waals surface area contributed by atoms with Crippen LogP contribution >= 0.6 is 22.9 Å². The highest BCUT2D eigenvalue weighted by Gasteiger charge is 2.41. The van der Waals surface area contributed by atoms with Gasteiger partial charge in [0.1, 0.15) is 11.4 Å². The minimum Gasteiger partial charge on any atom is -0.495 e. The van der Waals surface area contributed by atoms with Gasteiger partial charge >= 0.3 is 0 Å². The van der Waals surface area contributed by atoms with Gasteiger partial charge < -0.3 is 10.1 Å². The number of carbonyl (C=O) groups excluding carboxylic acids is 2. The number of hydrogen-bond donors (Lipinski definition) is 1. The quantitative estimate of drug-likeness (QED) is 0.404. The number of ether oxygens (including phenoxy) is 1. The van der Waals surface area contributed by atoms with Gasteiger partial charge in [0.2, 0.25) is 0 Å². The van der Waals surface area contributed by atoms with Gasteiger partial charge in [-0.1, -0.05) is 43.1 Å². The fourth-order valence-corrected chi connectivity index (χ4v) is 4.57. The van der Waals surface area contributed by atoms with Crippen molar-refractivity contribution in [3.05, 3.63) is 81.1 Å². The van der Waals surface area contributed by atoms with E-state index < -0.39 is 5.91 Å². The maximum atomic E-state index is 13.5. The van der Waals surface area contributed by atoms with Crippen molar-refractivity contribution in [3.8, 4) is 5.75 Å². The SMILES string of the molecule is CCCCc1ccc(N2C(=O)C(Nc3cc(Cl)ccc3OC)=C(c3cccs3)C2=O)cc1. The monoisotopic (exact) mass is 466 g/mol. The Kier molecular flexibility index (Phi) is 6.63. The van der Waals surface area contributed by atoms with E-state index in [-0.39, 0.29) is 11.6 Å². The molecule has 0 unspecified atom stereocenters. The number of carbonyl (C=O) groups is 2. The molecule has 2 heterocycles. The minimum atomic E-state index is -0.415. The number of aryl methyl sites for hydroxylation is 1. The summed E-state index contributed by atoms with van der Waals surface area (Å²) in [4.78, 5) is 28.9. The summed E-state index contributed by atoms with van der Waals surface area (Å²) >= 11 is 7.57. The third-order valence-electron chi connectivity index (χ3n) is 5.29. The van der Waals surface area contributed by atoms with E-state index in [9.17, 15) is 9.59 Å². The molecular weight excluding hydrogens is 444 g/mol. The molecule has 7 heteroatoms. The van der Waals surface area contributed by atoms with Crippen LogP contribution in [0.25, 0.3) is 5.57 Å². The van der Waals surface area contributed by atoms with E-state index in [1.807, 2.05) is 41.8 Å². The second-order valence-corrected chi connectivity index (χ2v) is 8.80. The molecule has 0 radical (unpaired) electrons. The van der Waals surface area contributed by atoms with Crippen molar-refractivity contribution in [2.45, 2.75) is 26.2 Å². The van der Waals surface area contributed by atoms with Crippen LogP contribution < -0.4 is 15.0 Å². The van der Waals surface area contributed by atoms with Crippen LogP contribution in [-0.2, 0) is 16.0 Å². The average Bonchev–Trinajstić information content (AvgIpc) is 3.40. The summed E-state index contributed by atoms with van der Waals surface area (Å²) in [7, 11) is 1.54. The molecule has 5 nitrogen and oxygen atoms in total. The van der Waals surface area contributed by atoms with Gasteiger partial charge in [0.15, 0.2) is 0 Å². The lowest BCUT2D eigenvalue weighted by atomic mass is 10.1. The Bertz CT molecular complexity index is 1170. The van der Waals surface area contributed by atoms with E-state index in [1.54, 1.807) is 18.2 Å². The summed E-state index contributed by atoms with van der Waals surface area (Å²) in [5.74, 6) is -0.254. The predicted octanol–water partition coefficient (Wildman–Crippen LogP) is 6.15. The maximum Gasteiger partial charge on any atom is 0.282 e. The molecule has 32 heavy (non-hydrogen) atoms. The summed E-state index contributed by atoms with van der Waals surface area (Å²) in [6.45, 7) is 2.15. The lowest BCUT2D eigenvalue weighted by molar-refractivity contribution is -0.120. The molecule has 1 aromatic heterocycles. The number of imide groups is 1. The number of benzene rings is 2. The Labute approximate surface area is 196 Å². The van der Waals surface area contributed by atoms with Crippen LogP contribution in [0.2, 0.25) is 5.02 Å². The van der Waals surface area contributed by atoms with Crippen molar-refractivity contribution in [1.29, 1.82) is 0 Å². The largest absolute Gasteiger partial charge is 0.495 e. The Morgan fingerprint density at radius 2 is 1.84 bits per heavy atom. The molecule has 0 saturated heterocycles. The number of thiophene rings is 1. The topological polar surface area (TPSA) is 58.6 Å². The first-order chi connectivity index (χ1) is 15.5. The van der Waals surface area contributed by atoms with E-state index in [1.165, 1.54) is 28.9 Å². The van der Waals surface area contributed by atoms with Gasteiger partial charge in [0.05, 0.1) is 24.1 Å². The van der Waals surface area contributed by atoms with Gasteiger partial charge in [-0.05, 0) is 60.2 Å². The number of amides is 2. The third kappa shape index (κ3) is 4.29. The highest BCUT2D eigenvalue weighted by molar-refractivity contribution is 7.11. The molecule has 3 aromatic rings. The van der Waals surface area contributed by atoms with Crippen molar-refractivity contribution in [2.75, 3.05) is 17.3 Å². The normalized spacial score (nSPS) is 13.8. The summed E-state index contributed by atoms with van der Waals surface area (Å²) < 4.78 is 5.40. The number of unbranched alkanes of at least 4 members (excludes halogenated alkanes) is 1. The van der Waals surface area contributed by atoms with E-state index in [0.717, 1.165) is 19.3 Å². The molecule has 2 aromatic carbocycles. The first kappa shape index (κ1) is 22.1. The number of halogens is 1. The summed E-state index contributed by atoms with van der Waals surface area (Å²) in [6.07, 6.45) is 3.18. The van der Waals surface area contributed by atoms with Gasteiger partial charge in [-0.2, -0.15) is 0 Å². The van der Waals surface area contributed by atoms with Crippen molar-refractivity contribution < 1.29 is 14.3 Å². The molecule has 4 rings (SSSR count). The Morgan fingerprint density at radius 1 is 1.06 bits per heavy atom. The Hall–Kier alpha value is -3.09. The van der Waals surface area contributed by atoms with Gasteiger partial charge in [-0.3, -0.25) is 9.59 Å². The molecule has 0 atom stereocenters. The van der Waals surface area contributed by atoms with Crippen molar-refractivity contribution in [1.82, 2.24) is 0 Å². The average molecular weight is 467 g/mol. The smallest absolute Gasteiger partial charge is 0.282 e. The fourth-order valence-electron chi connectivity index (χ4n) is 3.63. The van der Waals surface area contributed by atoms with Crippen LogP contribution in [0.4, 0.5) is 11.4 Å². The third-order valence-corrected chi connectivity index (χ3v) is 6.41. The zero-order chi connectivity index (χ0) is 22.7. The zero-order valence-corrected chi connectivity index (χ0v) is 19.4. The molecule has 164 valence electrons. The first-order valence-corrected chi connectivity index (χ1v) is 11.7. The molecule has 0 aliphatic carbocycles. The second-order valence-electron chi connectivity index (χ2n) is 7.41. The van der Waals surface area contributed by atoms with Crippen molar-refractivity contribution in [2.24, 2.45) is 0 Å². The first-order valence-electron chi connectivity index (χ1n) is 10.4. The molecule has 0 bridgehead atoms. The predicted molar refractivity (Wildman–Crippen MR) is 130 cm³/mol. The number of nitrogens with one attached hydrogen (secondary N) is 1. The summed E-state index contributed by atoms with van der Waals surface area (Å²) in [5.41, 5.74) is 2.78. The fraction of sp³-hybridized carbons (Fsp3) is 0.200. The van der Waals surface area contributed by atoms with Gasteiger partial charge in [-0.25, -0.2) is 4.90 Å². The standard InChI is InChI=1S/C25H23ClN2O3S/c1-3-4-6-16-8-11-18(12-9-16)28-24(29)22(21-7-5-14-32-21)23(25(28)30)27-19-15-17(26)10-13-20(19)31-2/h5,7-15,27H,3-4,6H2,1-2H3. The van der Waals surface area contributed by atoms with Crippen molar-refractivity contribution in [3.63, 3.8) is 0 Å². The van der Waals surface area contributed by atoms with Gasteiger partial charge in [-0.15, -0.1) is 11.3 Å². The highest BCUT2D eigenvalue weighted by atomic mass is 35.5. The van der Waals surface area contributed by atoms with Gasteiger partial charge in [0.25, 0.3) is 11.8 Å². The van der Waals surface area contributed by atoms with E-state index in [2.05, 4.69) is 12.2 Å². The molecule has 0 saturated carbocycles. The van der Waals surface area contributed by atoms with Crippen LogP contribution in [0.1, 0.15) is 30.2 Å². The van der Waals surface area contributed by atoms with Crippen LogP contribution in [0, 0.1) is 0 Å². The molecule has 0 fully saturated rings. The van der Waals surface area contributed by atoms with Gasteiger partial charge in [0, 0.05) is 9.90 Å². The lowest BCUT2D eigenvalue weighted by Crippen LogP contribution is -2.32. The van der Waals surface area contributed by atoms with Crippen LogP contribution in [0.15, 0.2) is 65.7 Å². The van der Waals surface area contributed by atoms with Crippen molar-refractivity contribution >= 4 is 51.7 Å². The maximum absolute atomic E-state index is 13.5. The molecule has 1 aliphatic heterocycles. The molecule has 2 amide bonds. The summed E-state index contributed by atoms with van der Waals surface area (Å²) in [5, 5.41) is 5.49. The highest BCUT2D eigenvalue weighted by Crippen LogP contribution is 2.37. The molecule has 1 N–H and O–H groups in total. The second kappa shape index (κ2) is 9.59. The molecule has 0 spiro atoms. The molecule has 1 aliphatic rings. The lowest BCUT2D eigenvalue weighted by Gasteiger charge is -2.16. The van der Waals surface area contributed by atoms with E-state index >= 15 is 0 Å². The summed E-state index contributed by atoms with van der Waals surface area (Å²) in [6, 6.07) is 16.4. The Morgan fingerprint density at radius 3 is 2.50 bits per heavy atom. The Balaban J connectivity index is 1.73. The zero-order valence-electron chi connectivity index (χ0n) is 17.9. The number of nitrogens with zero attached hydrogens (tertiary/aromatic N) is 1. The number of anilines is 2. The van der Waals surface area contributed by atoms with Crippen LogP contribution in [-0.4, -0.2) is 18.9 Å². The van der Waals surface area contributed by atoms with E-state index in [0.29, 0.717) is 32.6 Å². The minimum absolute atomic E-state index is 0.202. The van der Waals surface area contributed by atoms with E-state index in [4.69, 9.17) is 16.3 Å².